The number of morpholine rings is 1. The topological polar surface area (TPSA) is 72.6 Å². The van der Waals surface area contributed by atoms with Gasteiger partial charge in [0.2, 0.25) is 10.0 Å². The highest BCUT2D eigenvalue weighted by Gasteiger charge is 2.38. The van der Waals surface area contributed by atoms with Crippen LogP contribution in [-0.2, 0) is 14.8 Å². The van der Waals surface area contributed by atoms with Crippen LogP contribution in [0, 0.1) is 12.7 Å². The van der Waals surface area contributed by atoms with E-state index in [2.05, 4.69) is 0 Å². The van der Waals surface area contributed by atoms with E-state index in [1.807, 2.05) is 20.8 Å². The number of rotatable bonds is 2. The Balaban J connectivity index is 2.42. The standard InChI is InChI=1S/C14H21FN2O3S/c1-9-5-11(6-12(16)13(9)15)21(18,19)17-7-10(2)20-14(3,4)8-17/h5-6,10H,7-8,16H2,1-4H3. The predicted octanol–water partition coefficient (Wildman–Crippen LogP) is 1.90. The van der Waals surface area contributed by atoms with Crippen LogP contribution in [0.2, 0.25) is 0 Å². The van der Waals surface area contributed by atoms with Crippen molar-refractivity contribution in [2.45, 2.75) is 44.3 Å². The van der Waals surface area contributed by atoms with E-state index < -0.39 is 21.4 Å². The molecule has 1 aliphatic heterocycles. The smallest absolute Gasteiger partial charge is 0.243 e. The number of hydrogen-bond acceptors (Lipinski definition) is 4. The Morgan fingerprint density at radius 3 is 2.57 bits per heavy atom. The third kappa shape index (κ3) is 3.20. The molecule has 0 aromatic heterocycles. The summed E-state index contributed by atoms with van der Waals surface area (Å²) in [5.41, 5.74) is 5.04. The van der Waals surface area contributed by atoms with Gasteiger partial charge in [-0.3, -0.25) is 0 Å². The highest BCUT2D eigenvalue weighted by atomic mass is 32.2. The van der Waals surface area contributed by atoms with Crippen LogP contribution in [0.1, 0.15) is 26.3 Å². The van der Waals surface area contributed by atoms with Gasteiger partial charge in [-0.15, -0.1) is 0 Å². The Kier molecular flexibility index (Phi) is 4.03. The second-order valence-electron chi connectivity index (χ2n) is 6.13. The average Bonchev–Trinajstić information content (AvgIpc) is 2.32. The van der Waals surface area contributed by atoms with E-state index in [9.17, 15) is 12.8 Å². The van der Waals surface area contributed by atoms with Gasteiger partial charge in [0.1, 0.15) is 5.82 Å². The minimum absolute atomic E-state index is 0.0174. The van der Waals surface area contributed by atoms with Crippen LogP contribution < -0.4 is 5.73 Å². The molecule has 2 rings (SSSR count). The molecule has 0 amide bonds. The first kappa shape index (κ1) is 16.2. The zero-order valence-corrected chi connectivity index (χ0v) is 13.5. The second-order valence-corrected chi connectivity index (χ2v) is 8.07. The molecule has 21 heavy (non-hydrogen) atoms. The Morgan fingerprint density at radius 2 is 2.05 bits per heavy atom. The molecular formula is C14H21FN2O3S. The van der Waals surface area contributed by atoms with Gasteiger partial charge >= 0.3 is 0 Å². The molecule has 0 aliphatic carbocycles. The molecule has 1 fully saturated rings. The Hall–Kier alpha value is -1.18. The number of aryl methyl sites for hydroxylation is 1. The Labute approximate surface area is 124 Å². The highest BCUT2D eigenvalue weighted by molar-refractivity contribution is 7.89. The summed E-state index contributed by atoms with van der Waals surface area (Å²) in [7, 11) is -3.72. The molecular weight excluding hydrogens is 295 g/mol. The fourth-order valence-electron chi connectivity index (χ4n) is 2.64. The summed E-state index contributed by atoms with van der Waals surface area (Å²) in [5, 5.41) is 0. The molecule has 0 spiro atoms. The third-order valence-corrected chi connectivity index (χ3v) is 5.22. The summed E-state index contributed by atoms with van der Waals surface area (Å²) in [6, 6.07) is 2.49. The van der Waals surface area contributed by atoms with Crippen molar-refractivity contribution in [2.24, 2.45) is 0 Å². The molecule has 5 nitrogen and oxygen atoms in total. The number of nitrogen functional groups attached to an aromatic ring is 1. The van der Waals surface area contributed by atoms with Gasteiger partial charge in [0.15, 0.2) is 0 Å². The molecule has 1 heterocycles. The second kappa shape index (κ2) is 5.23. The number of anilines is 1. The van der Waals surface area contributed by atoms with E-state index in [0.717, 1.165) is 0 Å². The zero-order valence-electron chi connectivity index (χ0n) is 12.7. The number of halogens is 1. The maximum atomic E-state index is 13.6. The number of nitrogens with zero attached hydrogens (tertiary/aromatic N) is 1. The molecule has 118 valence electrons. The van der Waals surface area contributed by atoms with Crippen molar-refractivity contribution in [3.05, 3.63) is 23.5 Å². The van der Waals surface area contributed by atoms with Crippen LogP contribution in [0.4, 0.5) is 10.1 Å². The van der Waals surface area contributed by atoms with E-state index in [0.29, 0.717) is 0 Å². The summed E-state index contributed by atoms with van der Waals surface area (Å²) in [6.07, 6.45) is -0.206. The lowest BCUT2D eigenvalue weighted by molar-refractivity contribution is -0.109. The van der Waals surface area contributed by atoms with Crippen LogP contribution >= 0.6 is 0 Å². The van der Waals surface area contributed by atoms with Gasteiger partial charge in [-0.25, -0.2) is 12.8 Å². The first-order valence-corrected chi connectivity index (χ1v) is 8.20. The van der Waals surface area contributed by atoms with Gasteiger partial charge in [0, 0.05) is 13.1 Å². The molecule has 1 aromatic carbocycles. The summed E-state index contributed by atoms with van der Waals surface area (Å²) >= 11 is 0. The molecule has 1 atom stereocenters. The molecule has 1 saturated heterocycles. The fourth-order valence-corrected chi connectivity index (χ4v) is 4.43. The number of hydrogen-bond donors (Lipinski definition) is 1. The minimum atomic E-state index is -3.72. The van der Waals surface area contributed by atoms with Crippen LogP contribution in [0.3, 0.4) is 0 Å². The summed E-state index contributed by atoms with van der Waals surface area (Å²) in [4.78, 5) is 0.0174. The molecule has 2 N–H and O–H groups in total. The van der Waals surface area contributed by atoms with Crippen molar-refractivity contribution in [1.82, 2.24) is 4.31 Å². The zero-order chi connectivity index (χ0) is 16.0. The number of ether oxygens (including phenoxy) is 1. The van der Waals surface area contributed by atoms with Gasteiger partial charge < -0.3 is 10.5 Å². The van der Waals surface area contributed by atoms with Gasteiger partial charge in [-0.05, 0) is 45.4 Å². The molecule has 1 unspecified atom stereocenters. The minimum Gasteiger partial charge on any atom is -0.396 e. The van der Waals surface area contributed by atoms with E-state index >= 15 is 0 Å². The SMILES string of the molecule is Cc1cc(S(=O)(=O)N2CC(C)OC(C)(C)C2)cc(N)c1F. The van der Waals surface area contributed by atoms with E-state index in [4.69, 9.17) is 10.5 Å². The van der Waals surface area contributed by atoms with Crippen molar-refractivity contribution < 1.29 is 17.5 Å². The van der Waals surface area contributed by atoms with Crippen molar-refractivity contribution in [2.75, 3.05) is 18.8 Å². The van der Waals surface area contributed by atoms with Crippen molar-refractivity contribution in [1.29, 1.82) is 0 Å². The van der Waals surface area contributed by atoms with Crippen molar-refractivity contribution >= 4 is 15.7 Å². The maximum absolute atomic E-state index is 13.6. The molecule has 1 aliphatic rings. The molecule has 0 saturated carbocycles. The lowest BCUT2D eigenvalue weighted by Crippen LogP contribution is -2.53. The normalized spacial score (nSPS) is 23.2. The maximum Gasteiger partial charge on any atom is 0.243 e. The number of benzene rings is 1. The van der Waals surface area contributed by atoms with Crippen LogP contribution in [-0.4, -0.2) is 37.5 Å². The Morgan fingerprint density at radius 1 is 1.43 bits per heavy atom. The first-order chi connectivity index (χ1) is 9.53. The lowest BCUT2D eigenvalue weighted by Gasteiger charge is -2.40. The van der Waals surface area contributed by atoms with Crippen LogP contribution in [0.5, 0.6) is 0 Å². The van der Waals surface area contributed by atoms with Gasteiger partial charge in [-0.1, -0.05) is 0 Å². The molecule has 1 aromatic rings. The number of sulfonamides is 1. The molecule has 7 heteroatoms. The third-order valence-electron chi connectivity index (χ3n) is 3.43. The van der Waals surface area contributed by atoms with E-state index in [-0.39, 0.29) is 35.3 Å². The molecule has 0 bridgehead atoms. The summed E-state index contributed by atoms with van der Waals surface area (Å²) in [5.74, 6) is -0.579. The van der Waals surface area contributed by atoms with Crippen LogP contribution in [0.15, 0.2) is 17.0 Å². The quantitative estimate of drug-likeness (QED) is 0.846. The van der Waals surface area contributed by atoms with Gasteiger partial charge in [0.05, 0.1) is 22.3 Å². The lowest BCUT2D eigenvalue weighted by atomic mass is 10.1. The summed E-state index contributed by atoms with van der Waals surface area (Å²) in [6.45, 7) is 7.52. The largest absolute Gasteiger partial charge is 0.396 e. The number of nitrogens with two attached hydrogens (primary N) is 1. The Bertz CT molecular complexity index is 635. The van der Waals surface area contributed by atoms with E-state index in [1.165, 1.54) is 23.4 Å². The van der Waals surface area contributed by atoms with Crippen molar-refractivity contribution in [3.63, 3.8) is 0 Å². The summed E-state index contributed by atoms with van der Waals surface area (Å²) < 4.78 is 46.1. The fraction of sp³-hybridized carbons (Fsp3) is 0.571. The molecule has 0 radical (unpaired) electrons. The average molecular weight is 316 g/mol. The van der Waals surface area contributed by atoms with Crippen molar-refractivity contribution in [3.8, 4) is 0 Å². The van der Waals surface area contributed by atoms with Gasteiger partial charge in [-0.2, -0.15) is 4.31 Å². The predicted molar refractivity (Wildman–Crippen MR) is 78.9 cm³/mol. The first-order valence-electron chi connectivity index (χ1n) is 6.76. The van der Waals surface area contributed by atoms with E-state index in [1.54, 1.807) is 0 Å². The highest BCUT2D eigenvalue weighted by Crippen LogP contribution is 2.28. The van der Waals surface area contributed by atoms with Crippen LogP contribution in [0.25, 0.3) is 0 Å². The monoisotopic (exact) mass is 316 g/mol. The van der Waals surface area contributed by atoms with Gasteiger partial charge in [0.25, 0.3) is 0 Å².